The molecule has 0 aliphatic heterocycles. The fourth-order valence-electron chi connectivity index (χ4n) is 2.28. The van der Waals surface area contributed by atoms with Gasteiger partial charge in [-0.3, -0.25) is 9.59 Å². The van der Waals surface area contributed by atoms with Crippen LogP contribution in [0, 0.1) is 0 Å². The van der Waals surface area contributed by atoms with E-state index in [4.69, 9.17) is 0 Å². The summed E-state index contributed by atoms with van der Waals surface area (Å²) in [7, 11) is 0. The molecule has 130 valence electrons. The highest BCUT2D eigenvalue weighted by Crippen LogP contribution is 2.26. The molecule has 1 heterocycles. The lowest BCUT2D eigenvalue weighted by molar-refractivity contribution is -0.114. The van der Waals surface area contributed by atoms with E-state index < -0.39 is 0 Å². The molecular weight excluding hydrogens is 346 g/mol. The van der Waals surface area contributed by atoms with Crippen molar-refractivity contribution in [1.29, 1.82) is 0 Å². The Balaban J connectivity index is 1.66. The van der Waals surface area contributed by atoms with E-state index in [2.05, 4.69) is 15.6 Å². The van der Waals surface area contributed by atoms with Gasteiger partial charge in [-0.1, -0.05) is 23.9 Å². The first-order valence-corrected chi connectivity index (χ1v) is 8.80. The van der Waals surface area contributed by atoms with Gasteiger partial charge in [-0.15, -0.1) is 0 Å². The van der Waals surface area contributed by atoms with Gasteiger partial charge in [-0.2, -0.15) is 0 Å². The summed E-state index contributed by atoms with van der Waals surface area (Å²) in [4.78, 5) is 28.8. The minimum Gasteiger partial charge on any atom is -0.326 e. The summed E-state index contributed by atoms with van der Waals surface area (Å²) in [6, 6.07) is 20.1. The van der Waals surface area contributed by atoms with Crippen LogP contribution in [0.1, 0.15) is 17.3 Å². The maximum Gasteiger partial charge on any atom is 0.255 e. The van der Waals surface area contributed by atoms with Crippen molar-refractivity contribution in [2.75, 3.05) is 10.6 Å². The van der Waals surface area contributed by atoms with Crippen LogP contribution in [0.3, 0.4) is 0 Å². The highest BCUT2D eigenvalue weighted by molar-refractivity contribution is 7.99. The van der Waals surface area contributed by atoms with Crippen LogP contribution in [0.4, 0.5) is 11.4 Å². The fourth-order valence-corrected chi connectivity index (χ4v) is 3.06. The summed E-state index contributed by atoms with van der Waals surface area (Å²) < 4.78 is 0. The Hall–Kier alpha value is -3.12. The Morgan fingerprint density at radius 1 is 0.885 bits per heavy atom. The van der Waals surface area contributed by atoms with Crippen molar-refractivity contribution in [3.8, 4) is 0 Å². The number of amides is 2. The van der Waals surface area contributed by atoms with Crippen LogP contribution in [0.2, 0.25) is 0 Å². The molecule has 0 bridgehead atoms. The average Bonchev–Trinajstić information content (AvgIpc) is 2.63. The molecule has 0 unspecified atom stereocenters. The van der Waals surface area contributed by atoms with Gasteiger partial charge in [0, 0.05) is 35.0 Å². The Morgan fingerprint density at radius 3 is 2.27 bits per heavy atom. The van der Waals surface area contributed by atoms with E-state index in [1.165, 1.54) is 18.7 Å². The molecule has 1 aromatic heterocycles. The molecule has 2 amide bonds. The number of rotatable bonds is 5. The third-order valence-electron chi connectivity index (χ3n) is 3.42. The number of pyridine rings is 1. The van der Waals surface area contributed by atoms with E-state index in [9.17, 15) is 9.59 Å². The lowest BCUT2D eigenvalue weighted by Gasteiger charge is -2.08. The van der Waals surface area contributed by atoms with Crippen molar-refractivity contribution in [2.24, 2.45) is 0 Å². The van der Waals surface area contributed by atoms with Crippen molar-refractivity contribution < 1.29 is 9.59 Å². The van der Waals surface area contributed by atoms with Gasteiger partial charge in [0.25, 0.3) is 5.91 Å². The summed E-state index contributed by atoms with van der Waals surface area (Å²) in [5.74, 6) is -0.367. The molecule has 6 heteroatoms. The molecule has 0 spiro atoms. The third kappa shape index (κ3) is 4.94. The second-order valence-corrected chi connectivity index (χ2v) is 6.60. The lowest BCUT2D eigenvalue weighted by atomic mass is 10.2. The molecule has 0 saturated heterocycles. The van der Waals surface area contributed by atoms with Gasteiger partial charge in [0.05, 0.1) is 0 Å². The number of hydrogen-bond acceptors (Lipinski definition) is 4. The van der Waals surface area contributed by atoms with E-state index >= 15 is 0 Å². The Morgan fingerprint density at radius 2 is 1.62 bits per heavy atom. The van der Waals surface area contributed by atoms with Gasteiger partial charge in [-0.25, -0.2) is 4.98 Å². The van der Waals surface area contributed by atoms with Crippen LogP contribution in [0.25, 0.3) is 0 Å². The Kier molecular flexibility index (Phi) is 5.66. The summed E-state index contributed by atoms with van der Waals surface area (Å²) in [5, 5.41) is 6.42. The largest absolute Gasteiger partial charge is 0.326 e. The van der Waals surface area contributed by atoms with Gasteiger partial charge in [0.1, 0.15) is 5.03 Å². The molecule has 3 aromatic rings. The van der Waals surface area contributed by atoms with E-state index in [0.717, 1.165) is 9.92 Å². The zero-order valence-electron chi connectivity index (χ0n) is 14.1. The number of nitrogens with one attached hydrogen (secondary N) is 2. The van der Waals surface area contributed by atoms with E-state index in [1.54, 1.807) is 42.6 Å². The van der Waals surface area contributed by atoms with Crippen molar-refractivity contribution in [3.05, 3.63) is 78.5 Å². The number of carbonyl (C=O) groups is 2. The molecule has 0 aliphatic carbocycles. The van der Waals surface area contributed by atoms with Crippen molar-refractivity contribution >= 4 is 35.0 Å². The Bertz CT molecular complexity index is 912. The van der Waals surface area contributed by atoms with Gasteiger partial charge in [0.15, 0.2) is 0 Å². The molecule has 0 fully saturated rings. The van der Waals surface area contributed by atoms with Crippen molar-refractivity contribution in [2.45, 2.75) is 16.8 Å². The number of aromatic nitrogens is 1. The quantitative estimate of drug-likeness (QED) is 0.703. The normalized spacial score (nSPS) is 10.2. The summed E-state index contributed by atoms with van der Waals surface area (Å²) in [6.45, 7) is 1.44. The zero-order chi connectivity index (χ0) is 18.4. The molecule has 0 saturated carbocycles. The van der Waals surface area contributed by atoms with Gasteiger partial charge >= 0.3 is 0 Å². The minimum atomic E-state index is -0.209. The SMILES string of the molecule is CC(=O)Nc1cccc(NC(=O)c2ccc(Sc3ccccn3)cc2)c1. The number of anilines is 2. The van der Waals surface area contributed by atoms with Gasteiger partial charge in [-0.05, 0) is 54.6 Å². The predicted octanol–water partition coefficient (Wildman–Crippen LogP) is 4.44. The highest BCUT2D eigenvalue weighted by atomic mass is 32.2. The van der Waals surface area contributed by atoms with Crippen LogP contribution >= 0.6 is 11.8 Å². The molecule has 0 aliphatic rings. The molecule has 3 rings (SSSR count). The van der Waals surface area contributed by atoms with Crippen LogP contribution in [-0.2, 0) is 4.79 Å². The maximum atomic E-state index is 12.4. The van der Waals surface area contributed by atoms with Gasteiger partial charge in [0.2, 0.25) is 5.91 Å². The highest BCUT2D eigenvalue weighted by Gasteiger charge is 2.07. The number of benzene rings is 2. The number of carbonyl (C=O) groups excluding carboxylic acids is 2. The van der Waals surface area contributed by atoms with Crippen molar-refractivity contribution in [3.63, 3.8) is 0 Å². The maximum absolute atomic E-state index is 12.4. The monoisotopic (exact) mass is 363 g/mol. The molecule has 2 aromatic carbocycles. The van der Waals surface area contributed by atoms with Crippen molar-refractivity contribution in [1.82, 2.24) is 4.98 Å². The molecule has 0 radical (unpaired) electrons. The smallest absolute Gasteiger partial charge is 0.255 e. The molecule has 26 heavy (non-hydrogen) atoms. The van der Waals surface area contributed by atoms with Crippen LogP contribution in [-0.4, -0.2) is 16.8 Å². The third-order valence-corrected chi connectivity index (χ3v) is 4.38. The molecule has 5 nitrogen and oxygen atoms in total. The minimum absolute atomic E-state index is 0.158. The topological polar surface area (TPSA) is 71.1 Å². The molecular formula is C20H17N3O2S. The first kappa shape index (κ1) is 17.7. The second kappa shape index (κ2) is 8.31. The predicted molar refractivity (Wildman–Crippen MR) is 104 cm³/mol. The average molecular weight is 363 g/mol. The second-order valence-electron chi connectivity index (χ2n) is 5.51. The van der Waals surface area contributed by atoms with E-state index in [1.807, 2.05) is 30.3 Å². The lowest BCUT2D eigenvalue weighted by Crippen LogP contribution is -2.12. The summed E-state index contributed by atoms with van der Waals surface area (Å²) in [5.41, 5.74) is 1.81. The standard InChI is InChI=1S/C20H17N3O2S/c1-14(24)22-16-5-4-6-17(13-16)23-20(25)15-8-10-18(11-9-15)26-19-7-2-3-12-21-19/h2-13H,1H3,(H,22,24)(H,23,25). The van der Waals surface area contributed by atoms with Crippen LogP contribution < -0.4 is 10.6 Å². The first-order chi connectivity index (χ1) is 12.6. The summed E-state index contributed by atoms with van der Waals surface area (Å²) >= 11 is 1.54. The first-order valence-electron chi connectivity index (χ1n) is 7.98. The van der Waals surface area contributed by atoms with Gasteiger partial charge < -0.3 is 10.6 Å². The summed E-state index contributed by atoms with van der Waals surface area (Å²) in [6.07, 6.45) is 1.75. The van der Waals surface area contributed by atoms with E-state index in [0.29, 0.717) is 16.9 Å². The number of nitrogens with zero attached hydrogens (tertiary/aromatic N) is 1. The van der Waals surface area contributed by atoms with Crippen LogP contribution in [0.5, 0.6) is 0 Å². The molecule has 2 N–H and O–H groups in total. The Labute approximate surface area is 155 Å². The fraction of sp³-hybridized carbons (Fsp3) is 0.0500. The van der Waals surface area contributed by atoms with E-state index in [-0.39, 0.29) is 11.8 Å². The number of hydrogen-bond donors (Lipinski definition) is 2. The zero-order valence-corrected chi connectivity index (χ0v) is 14.9. The van der Waals surface area contributed by atoms with Crippen LogP contribution in [0.15, 0.2) is 82.8 Å². The molecule has 0 atom stereocenters.